The molecular formula is C20H20O4. The molecule has 0 aromatic heterocycles. The summed E-state index contributed by atoms with van der Waals surface area (Å²) in [4.78, 5) is 12.4. The second-order valence-electron chi connectivity index (χ2n) is 5.24. The number of rotatable bonds is 8. The number of hydrogen-bond acceptors (Lipinski definition) is 4. The highest BCUT2D eigenvalue weighted by atomic mass is 16.5. The second-order valence-corrected chi connectivity index (χ2v) is 5.24. The SMILES string of the molecule is C#CCOc1ccc(C(=O)c2ccc(OCC(O)CC)cc2)cc1. The Hall–Kier alpha value is -2.77. The smallest absolute Gasteiger partial charge is 0.193 e. The Morgan fingerprint density at radius 2 is 1.54 bits per heavy atom. The van der Waals surface area contributed by atoms with Crippen molar-refractivity contribution in [3.63, 3.8) is 0 Å². The number of hydrogen-bond donors (Lipinski definition) is 1. The summed E-state index contributed by atoms with van der Waals surface area (Å²) in [6, 6.07) is 13.7. The van der Waals surface area contributed by atoms with Gasteiger partial charge in [0, 0.05) is 11.1 Å². The minimum Gasteiger partial charge on any atom is -0.491 e. The highest BCUT2D eigenvalue weighted by Gasteiger charge is 2.10. The number of ketones is 1. The van der Waals surface area contributed by atoms with Crippen LogP contribution in [0.1, 0.15) is 29.3 Å². The number of terminal acetylenes is 1. The third kappa shape index (κ3) is 4.87. The van der Waals surface area contributed by atoms with Gasteiger partial charge in [0.25, 0.3) is 0 Å². The Kier molecular flexibility index (Phi) is 6.41. The number of carbonyl (C=O) groups excluding carboxylic acids is 1. The lowest BCUT2D eigenvalue weighted by molar-refractivity contribution is 0.103. The highest BCUT2D eigenvalue weighted by Crippen LogP contribution is 2.18. The minimum atomic E-state index is -0.485. The largest absolute Gasteiger partial charge is 0.491 e. The fourth-order valence-corrected chi connectivity index (χ4v) is 2.01. The molecule has 0 aliphatic heterocycles. The summed E-state index contributed by atoms with van der Waals surface area (Å²) in [5.74, 6) is 3.55. The lowest BCUT2D eigenvalue weighted by atomic mass is 10.0. The van der Waals surface area contributed by atoms with E-state index in [1.165, 1.54) is 0 Å². The van der Waals surface area contributed by atoms with Gasteiger partial charge >= 0.3 is 0 Å². The van der Waals surface area contributed by atoms with Crippen LogP contribution in [0, 0.1) is 12.3 Å². The fraction of sp³-hybridized carbons (Fsp3) is 0.250. The first-order valence-electron chi connectivity index (χ1n) is 7.76. The van der Waals surface area contributed by atoms with E-state index in [0.29, 0.717) is 29.0 Å². The van der Waals surface area contributed by atoms with E-state index in [1.807, 2.05) is 6.92 Å². The molecule has 0 fully saturated rings. The molecule has 4 nitrogen and oxygen atoms in total. The van der Waals surface area contributed by atoms with E-state index in [1.54, 1.807) is 48.5 Å². The molecule has 0 heterocycles. The van der Waals surface area contributed by atoms with Crippen molar-refractivity contribution >= 4 is 5.78 Å². The van der Waals surface area contributed by atoms with Crippen LogP contribution in [0.2, 0.25) is 0 Å². The molecule has 0 saturated heterocycles. The van der Waals surface area contributed by atoms with Crippen LogP contribution in [0.25, 0.3) is 0 Å². The zero-order chi connectivity index (χ0) is 17.4. The van der Waals surface area contributed by atoms with Gasteiger partial charge in [0.05, 0.1) is 6.10 Å². The van der Waals surface area contributed by atoms with E-state index < -0.39 is 6.10 Å². The predicted molar refractivity (Wildman–Crippen MR) is 92.4 cm³/mol. The van der Waals surface area contributed by atoms with Gasteiger partial charge in [-0.25, -0.2) is 0 Å². The minimum absolute atomic E-state index is 0.0846. The highest BCUT2D eigenvalue weighted by molar-refractivity contribution is 6.09. The van der Waals surface area contributed by atoms with Gasteiger partial charge in [-0.05, 0) is 55.0 Å². The van der Waals surface area contributed by atoms with Crippen molar-refractivity contribution in [3.05, 3.63) is 59.7 Å². The molecule has 2 aromatic rings. The molecule has 1 unspecified atom stereocenters. The van der Waals surface area contributed by atoms with Crippen molar-refractivity contribution in [1.82, 2.24) is 0 Å². The van der Waals surface area contributed by atoms with Crippen molar-refractivity contribution in [2.45, 2.75) is 19.4 Å². The predicted octanol–water partition coefficient (Wildman–Crippen LogP) is 3.08. The van der Waals surface area contributed by atoms with Gasteiger partial charge in [-0.3, -0.25) is 4.79 Å². The van der Waals surface area contributed by atoms with Crippen LogP contribution in [-0.4, -0.2) is 30.2 Å². The van der Waals surface area contributed by atoms with E-state index in [0.717, 1.165) is 0 Å². The number of ether oxygens (including phenoxy) is 2. The third-order valence-corrected chi connectivity index (χ3v) is 3.47. The first-order valence-corrected chi connectivity index (χ1v) is 7.76. The molecule has 24 heavy (non-hydrogen) atoms. The van der Waals surface area contributed by atoms with E-state index in [9.17, 15) is 9.90 Å². The molecule has 1 atom stereocenters. The zero-order valence-electron chi connectivity index (χ0n) is 13.6. The van der Waals surface area contributed by atoms with Crippen LogP contribution in [0.5, 0.6) is 11.5 Å². The first-order chi connectivity index (χ1) is 11.6. The van der Waals surface area contributed by atoms with E-state index in [2.05, 4.69) is 5.92 Å². The standard InChI is InChI=1S/C20H20O4/c1-3-13-23-18-9-5-15(6-10-18)20(22)16-7-11-19(12-8-16)24-14-17(21)4-2/h1,5-12,17,21H,4,13-14H2,2H3. The van der Waals surface area contributed by atoms with Gasteiger partial charge in [-0.1, -0.05) is 12.8 Å². The van der Waals surface area contributed by atoms with Gasteiger partial charge in [0.15, 0.2) is 5.78 Å². The van der Waals surface area contributed by atoms with Crippen LogP contribution in [0.15, 0.2) is 48.5 Å². The lowest BCUT2D eigenvalue weighted by Gasteiger charge is -2.10. The van der Waals surface area contributed by atoms with E-state index >= 15 is 0 Å². The Labute approximate surface area is 142 Å². The van der Waals surface area contributed by atoms with Crippen molar-refractivity contribution in [2.24, 2.45) is 0 Å². The molecule has 0 radical (unpaired) electrons. The van der Waals surface area contributed by atoms with Gasteiger partial charge < -0.3 is 14.6 Å². The van der Waals surface area contributed by atoms with Gasteiger partial charge in [-0.2, -0.15) is 0 Å². The summed E-state index contributed by atoms with van der Waals surface area (Å²) in [6.45, 7) is 2.32. The average molecular weight is 324 g/mol. The molecule has 0 bridgehead atoms. The normalized spacial score (nSPS) is 11.4. The summed E-state index contributed by atoms with van der Waals surface area (Å²) < 4.78 is 10.7. The van der Waals surface area contributed by atoms with E-state index in [-0.39, 0.29) is 19.0 Å². The Morgan fingerprint density at radius 3 is 2.00 bits per heavy atom. The molecule has 0 aliphatic rings. The van der Waals surface area contributed by atoms with E-state index in [4.69, 9.17) is 15.9 Å². The Bertz CT molecular complexity index is 696. The molecule has 0 amide bonds. The van der Waals surface area contributed by atoms with Crippen molar-refractivity contribution in [3.8, 4) is 23.8 Å². The van der Waals surface area contributed by atoms with Crippen molar-refractivity contribution in [2.75, 3.05) is 13.2 Å². The third-order valence-electron chi connectivity index (χ3n) is 3.47. The summed E-state index contributed by atoms with van der Waals surface area (Å²) in [7, 11) is 0. The molecule has 2 rings (SSSR count). The summed E-state index contributed by atoms with van der Waals surface area (Å²) in [5, 5.41) is 9.49. The topological polar surface area (TPSA) is 55.8 Å². The maximum atomic E-state index is 12.4. The maximum absolute atomic E-state index is 12.4. The fourth-order valence-electron chi connectivity index (χ4n) is 2.01. The van der Waals surface area contributed by atoms with Crippen molar-refractivity contribution < 1.29 is 19.4 Å². The van der Waals surface area contributed by atoms with Crippen LogP contribution >= 0.6 is 0 Å². The number of carbonyl (C=O) groups is 1. The zero-order valence-corrected chi connectivity index (χ0v) is 13.6. The Balaban J connectivity index is 2.00. The van der Waals surface area contributed by atoms with Gasteiger partial charge in [0.1, 0.15) is 24.7 Å². The van der Waals surface area contributed by atoms with Crippen LogP contribution < -0.4 is 9.47 Å². The molecule has 1 N–H and O–H groups in total. The van der Waals surface area contributed by atoms with Gasteiger partial charge in [0.2, 0.25) is 0 Å². The maximum Gasteiger partial charge on any atom is 0.193 e. The molecule has 0 saturated carbocycles. The van der Waals surface area contributed by atoms with Crippen LogP contribution in [0.3, 0.4) is 0 Å². The van der Waals surface area contributed by atoms with Gasteiger partial charge in [-0.15, -0.1) is 6.42 Å². The monoisotopic (exact) mass is 324 g/mol. The quantitative estimate of drug-likeness (QED) is 0.599. The van der Waals surface area contributed by atoms with Crippen LogP contribution in [-0.2, 0) is 0 Å². The number of aliphatic hydroxyl groups is 1. The molecule has 0 aliphatic carbocycles. The molecule has 124 valence electrons. The first kappa shape index (κ1) is 17.6. The van der Waals surface area contributed by atoms with Crippen LogP contribution in [0.4, 0.5) is 0 Å². The summed E-state index contributed by atoms with van der Waals surface area (Å²) in [5.41, 5.74) is 1.13. The molecule has 0 spiro atoms. The average Bonchev–Trinajstić information content (AvgIpc) is 2.64. The second kappa shape index (κ2) is 8.76. The summed E-state index contributed by atoms with van der Waals surface area (Å²) >= 11 is 0. The Morgan fingerprint density at radius 1 is 1.04 bits per heavy atom. The van der Waals surface area contributed by atoms with Crippen molar-refractivity contribution in [1.29, 1.82) is 0 Å². The summed E-state index contributed by atoms with van der Waals surface area (Å²) in [6.07, 6.45) is 5.29. The molecular weight excluding hydrogens is 304 g/mol. The number of benzene rings is 2. The molecule has 4 heteroatoms. The molecule has 2 aromatic carbocycles. The lowest BCUT2D eigenvalue weighted by Crippen LogP contribution is -2.16. The number of aliphatic hydroxyl groups excluding tert-OH is 1.